The molecule has 4 N–H and O–H groups in total. The number of nitrogens with two attached hydrogens (primary N) is 1. The minimum absolute atomic E-state index is 0.0123. The van der Waals surface area contributed by atoms with Crippen molar-refractivity contribution in [3.8, 4) is 0 Å². The van der Waals surface area contributed by atoms with Crippen LogP contribution in [-0.2, 0) is 51.6 Å². The van der Waals surface area contributed by atoms with E-state index in [1.54, 1.807) is 4.90 Å². The number of rotatable bonds is 11. The first-order chi connectivity index (χ1) is 26.8. The van der Waals surface area contributed by atoms with Crippen molar-refractivity contribution < 1.29 is 53.1 Å². The fraction of sp³-hybridized carbons (Fsp3) is 0.579. The van der Waals surface area contributed by atoms with Gasteiger partial charge < -0.3 is 29.2 Å². The van der Waals surface area contributed by atoms with Crippen molar-refractivity contribution in [3.05, 3.63) is 71.8 Å². The van der Waals surface area contributed by atoms with Gasteiger partial charge in [0.15, 0.2) is 0 Å². The lowest BCUT2D eigenvalue weighted by atomic mass is 10.0. The molecule has 6 aliphatic rings. The average molecular weight is 769 g/mol. The summed E-state index contributed by atoms with van der Waals surface area (Å²) < 4.78 is 10.3. The predicted molar refractivity (Wildman–Crippen MR) is 194 cm³/mol. The van der Waals surface area contributed by atoms with Crippen LogP contribution >= 0.6 is 0 Å². The third-order valence-corrected chi connectivity index (χ3v) is 10.5. The normalized spacial score (nSPS) is 25.2. The minimum Gasteiger partial charge on any atom is -0.480 e. The maximum Gasteiger partial charge on any atom is 0.345 e. The van der Waals surface area contributed by atoms with Crippen LogP contribution in [0.3, 0.4) is 0 Å². The number of carbonyl (C=O) groups is 4. The molecule has 0 unspecified atom stereocenters. The monoisotopic (exact) mass is 768 g/mol. The lowest BCUT2D eigenvalue weighted by molar-refractivity contribution is -0.148. The second-order valence-corrected chi connectivity index (χ2v) is 14.2. The molecule has 6 saturated heterocycles. The van der Waals surface area contributed by atoms with Gasteiger partial charge in [0.2, 0.25) is 0 Å². The highest BCUT2D eigenvalue weighted by Gasteiger charge is 2.49. The van der Waals surface area contributed by atoms with Crippen LogP contribution in [-0.4, -0.2) is 125 Å². The van der Waals surface area contributed by atoms with E-state index in [0.717, 1.165) is 56.4 Å². The second kappa shape index (κ2) is 20.0. The summed E-state index contributed by atoms with van der Waals surface area (Å²) in [6.07, 6.45) is 6.09. The van der Waals surface area contributed by atoms with E-state index in [2.05, 4.69) is 10.3 Å². The number of urea groups is 2. The Morgan fingerprint density at radius 2 is 1.13 bits per heavy atom. The van der Waals surface area contributed by atoms with Gasteiger partial charge >= 0.3 is 18.0 Å². The standard InChI is InChI=1S/C19H25N3O5.C14H16N2O4.C5H11NO2/c23-18(20-27-16-8-10-25-11-9-16)17-7-6-15-12-21(17)19(24)22(15)26-13-14-4-2-1-3-5-14;17-13(18)12-7-6-11-8-15(12)14(19)16(11)20-9-10-4-2-1-3-5-10;6-8-5-1-3-7-4-2-5/h1-5,15-17H,6-13H2,(H,20,23);1-5,11-12H,6-9H2,(H,17,18);5H,1-4,6H2/t15-,17+;11-,12+;/m11./s1. The highest BCUT2D eigenvalue weighted by molar-refractivity contribution is 5.88. The summed E-state index contributed by atoms with van der Waals surface area (Å²) in [5.41, 5.74) is 4.53. The van der Waals surface area contributed by atoms with Gasteiger partial charge in [-0.25, -0.2) is 25.8 Å². The summed E-state index contributed by atoms with van der Waals surface area (Å²) in [6, 6.07) is 17.4. The summed E-state index contributed by atoms with van der Waals surface area (Å²) in [5, 5.41) is 11.9. The third kappa shape index (κ3) is 10.7. The van der Waals surface area contributed by atoms with Crippen LogP contribution in [0.25, 0.3) is 0 Å². The van der Waals surface area contributed by atoms with Crippen molar-refractivity contribution in [2.45, 2.75) is 101 Å². The van der Waals surface area contributed by atoms with Gasteiger partial charge in [-0.3, -0.25) is 19.3 Å². The van der Waals surface area contributed by atoms with Crippen molar-refractivity contribution in [1.29, 1.82) is 0 Å². The van der Waals surface area contributed by atoms with Gasteiger partial charge in [-0.15, -0.1) is 0 Å². The van der Waals surface area contributed by atoms with Crippen molar-refractivity contribution in [2.24, 2.45) is 5.90 Å². The Kier molecular flexibility index (Phi) is 14.7. The number of benzene rings is 2. The Morgan fingerprint density at radius 3 is 1.58 bits per heavy atom. The quantitative estimate of drug-likeness (QED) is 0.283. The first kappa shape index (κ1) is 40.3. The van der Waals surface area contributed by atoms with Crippen molar-refractivity contribution in [2.75, 3.05) is 39.5 Å². The molecular weight excluding hydrogens is 716 g/mol. The number of carbonyl (C=O) groups excluding carboxylic acids is 3. The van der Waals surface area contributed by atoms with Crippen molar-refractivity contribution in [3.63, 3.8) is 0 Å². The Balaban J connectivity index is 0.000000160. The Morgan fingerprint density at radius 1 is 0.673 bits per heavy atom. The number of amides is 5. The molecule has 0 saturated carbocycles. The molecule has 55 heavy (non-hydrogen) atoms. The topological polar surface area (TPSA) is 195 Å². The molecule has 17 heteroatoms. The molecule has 6 aliphatic heterocycles. The first-order valence-corrected chi connectivity index (χ1v) is 19.0. The smallest absolute Gasteiger partial charge is 0.345 e. The number of fused-ring (bicyclic) bond motifs is 4. The molecule has 0 radical (unpaired) electrons. The average Bonchev–Trinajstić information content (AvgIpc) is 3.62. The Labute approximate surface area is 320 Å². The zero-order valence-electron chi connectivity index (χ0n) is 30.9. The number of hydrogen-bond acceptors (Lipinski definition) is 11. The summed E-state index contributed by atoms with van der Waals surface area (Å²) in [6.45, 7) is 4.46. The molecule has 0 aliphatic carbocycles. The van der Waals surface area contributed by atoms with E-state index in [9.17, 15) is 19.2 Å². The molecule has 4 bridgehead atoms. The molecule has 6 fully saturated rings. The number of nitrogens with one attached hydrogen (secondary N) is 1. The zero-order chi connectivity index (χ0) is 38.6. The van der Waals surface area contributed by atoms with E-state index in [-0.39, 0.29) is 42.3 Å². The van der Waals surface area contributed by atoms with E-state index in [0.29, 0.717) is 58.8 Å². The number of nitrogens with zero attached hydrogens (tertiary/aromatic N) is 4. The Bertz CT molecular complexity index is 1550. The third-order valence-electron chi connectivity index (χ3n) is 10.5. The van der Waals surface area contributed by atoms with E-state index >= 15 is 0 Å². The number of piperidine rings is 2. The molecule has 4 atom stereocenters. The van der Waals surface area contributed by atoms with E-state index in [4.69, 9.17) is 35.0 Å². The van der Waals surface area contributed by atoms with Gasteiger partial charge in [0, 0.05) is 39.5 Å². The van der Waals surface area contributed by atoms with Gasteiger partial charge in [0.25, 0.3) is 5.91 Å². The maximum absolute atomic E-state index is 12.7. The van der Waals surface area contributed by atoms with E-state index in [1.807, 2.05) is 60.7 Å². The predicted octanol–water partition coefficient (Wildman–Crippen LogP) is 3.14. The number of aliphatic carboxylic acids is 1. The number of hydroxylamine groups is 5. The summed E-state index contributed by atoms with van der Waals surface area (Å²) in [4.78, 5) is 73.0. The molecule has 0 spiro atoms. The van der Waals surface area contributed by atoms with Gasteiger partial charge in [-0.05, 0) is 62.5 Å². The summed E-state index contributed by atoms with van der Waals surface area (Å²) in [5.74, 6) is 3.74. The molecule has 17 nitrogen and oxygen atoms in total. The molecule has 8 rings (SSSR count). The second-order valence-electron chi connectivity index (χ2n) is 14.2. The van der Waals surface area contributed by atoms with Crippen LogP contribution in [0.1, 0.15) is 62.5 Å². The highest BCUT2D eigenvalue weighted by Crippen LogP contribution is 2.32. The highest BCUT2D eigenvalue weighted by atomic mass is 16.7. The maximum atomic E-state index is 12.7. The summed E-state index contributed by atoms with van der Waals surface area (Å²) >= 11 is 0. The number of carboxylic acids is 1. The van der Waals surface area contributed by atoms with Crippen LogP contribution in [0.2, 0.25) is 0 Å². The lowest BCUT2D eigenvalue weighted by Gasteiger charge is -2.30. The SMILES string of the molecule is NOC1CCOCC1.O=C(NOC1CCOCC1)[C@@H]1CC[C@@H]2CN1C(=O)N2OCc1ccccc1.O=C(O)[C@@H]1CC[C@@H]2CN1C(=O)N2OCc1ccccc1. The molecular formula is C38H52N6O11. The minimum atomic E-state index is -0.943. The van der Waals surface area contributed by atoms with Gasteiger partial charge in [0.1, 0.15) is 25.3 Å². The number of carboxylic acid groups (broad SMARTS) is 1. The van der Waals surface area contributed by atoms with Crippen LogP contribution in [0.15, 0.2) is 60.7 Å². The lowest BCUT2D eigenvalue weighted by Crippen LogP contribution is -2.50. The fourth-order valence-corrected chi connectivity index (χ4v) is 7.38. The number of hydrogen-bond donors (Lipinski definition) is 3. The van der Waals surface area contributed by atoms with Crippen LogP contribution < -0.4 is 11.4 Å². The summed E-state index contributed by atoms with van der Waals surface area (Å²) in [7, 11) is 0. The largest absolute Gasteiger partial charge is 0.480 e. The van der Waals surface area contributed by atoms with E-state index < -0.39 is 18.1 Å². The van der Waals surface area contributed by atoms with E-state index in [1.165, 1.54) is 15.0 Å². The van der Waals surface area contributed by atoms with Crippen molar-refractivity contribution in [1.82, 2.24) is 25.4 Å². The van der Waals surface area contributed by atoms with Crippen LogP contribution in [0, 0.1) is 0 Å². The molecule has 300 valence electrons. The van der Waals surface area contributed by atoms with Crippen molar-refractivity contribution >= 4 is 23.9 Å². The number of ether oxygens (including phenoxy) is 2. The molecule has 2 aromatic rings. The Hall–Kier alpha value is -4.36. The molecule has 5 amide bonds. The first-order valence-electron chi connectivity index (χ1n) is 19.0. The fourth-order valence-electron chi connectivity index (χ4n) is 7.38. The molecule has 0 aromatic heterocycles. The van der Waals surface area contributed by atoms with Crippen LogP contribution in [0.5, 0.6) is 0 Å². The van der Waals surface area contributed by atoms with Gasteiger partial charge in [-0.1, -0.05) is 60.7 Å². The molecule has 2 aromatic carbocycles. The van der Waals surface area contributed by atoms with Gasteiger partial charge in [0.05, 0.1) is 24.3 Å². The molecule has 6 heterocycles. The van der Waals surface area contributed by atoms with Crippen LogP contribution in [0.4, 0.5) is 9.59 Å². The zero-order valence-corrected chi connectivity index (χ0v) is 30.9. The van der Waals surface area contributed by atoms with Gasteiger partial charge in [-0.2, -0.15) is 10.1 Å².